The smallest absolute Gasteiger partial charge is 0.122 e. The molecule has 0 bridgehead atoms. The van der Waals surface area contributed by atoms with E-state index in [1.54, 1.807) is 18.2 Å². The Balaban J connectivity index is 0.000000263. The number of methoxy groups -OCH3 is 1. The zero-order valence-corrected chi connectivity index (χ0v) is 23.0. The predicted molar refractivity (Wildman–Crippen MR) is 156 cm³/mol. The fraction of sp³-hybridized carbons (Fsp3) is 0.471. The maximum absolute atomic E-state index is 5.29. The van der Waals surface area contributed by atoms with Crippen LogP contribution in [0.3, 0.4) is 0 Å². The molecule has 0 N–H and O–H groups in total. The Morgan fingerprint density at radius 2 is 1.14 bits per heavy atom. The second kappa shape index (κ2) is 14.8. The molecule has 0 unspecified atom stereocenters. The average Bonchev–Trinajstić information content (AvgIpc) is 3.65. The monoisotopic (exact) mass is 474 g/mol. The summed E-state index contributed by atoms with van der Waals surface area (Å²) in [5.74, 6) is 3.76. The van der Waals surface area contributed by atoms with E-state index in [4.69, 9.17) is 4.74 Å². The molecule has 1 nitrogen and oxygen atoms in total. The molecule has 0 amide bonds. The third-order valence-electron chi connectivity index (χ3n) is 6.50. The van der Waals surface area contributed by atoms with Gasteiger partial charge in [-0.25, -0.2) is 0 Å². The van der Waals surface area contributed by atoms with E-state index in [0.717, 1.165) is 11.7 Å². The Kier molecular flexibility index (Phi) is 12.9. The molecular formula is C34H50O. The van der Waals surface area contributed by atoms with Gasteiger partial charge in [0, 0.05) is 0 Å². The first-order chi connectivity index (χ1) is 16.2. The molecule has 192 valence electrons. The summed E-state index contributed by atoms with van der Waals surface area (Å²) in [7, 11) is 1.72. The number of benzene rings is 3. The summed E-state index contributed by atoms with van der Waals surface area (Å²) in [5.41, 5.74) is 8.74. The molecule has 1 saturated carbocycles. The van der Waals surface area contributed by atoms with E-state index in [1.165, 1.54) is 35.1 Å². The molecule has 0 spiro atoms. The first-order valence-corrected chi connectivity index (χ1v) is 12.9. The minimum Gasteiger partial charge on any atom is -0.496 e. The second-order valence-corrected chi connectivity index (χ2v) is 10.4. The fourth-order valence-electron chi connectivity index (χ4n) is 4.65. The van der Waals surface area contributed by atoms with E-state index in [0.29, 0.717) is 17.8 Å². The van der Waals surface area contributed by atoms with Crippen LogP contribution in [0.2, 0.25) is 0 Å². The Morgan fingerprint density at radius 1 is 0.629 bits per heavy atom. The van der Waals surface area contributed by atoms with Crippen LogP contribution in [0.1, 0.15) is 119 Å². The van der Waals surface area contributed by atoms with Gasteiger partial charge in [-0.2, -0.15) is 0 Å². The van der Waals surface area contributed by atoms with Crippen molar-refractivity contribution < 1.29 is 4.74 Å². The van der Waals surface area contributed by atoms with E-state index in [1.807, 2.05) is 18.2 Å². The highest BCUT2D eigenvalue weighted by atomic mass is 16.5. The average molecular weight is 475 g/mol. The Bertz CT molecular complexity index is 994. The summed E-state index contributed by atoms with van der Waals surface area (Å²) in [4.78, 5) is 0. The van der Waals surface area contributed by atoms with Gasteiger partial charge >= 0.3 is 0 Å². The summed E-state index contributed by atoms with van der Waals surface area (Å²) in [6, 6.07) is 23.4. The van der Waals surface area contributed by atoms with Crippen LogP contribution in [0.15, 0.2) is 66.7 Å². The van der Waals surface area contributed by atoms with Crippen LogP contribution in [0.5, 0.6) is 5.75 Å². The van der Waals surface area contributed by atoms with E-state index >= 15 is 0 Å². The molecule has 1 heteroatoms. The first-order valence-electron chi connectivity index (χ1n) is 12.9. The molecule has 1 fully saturated rings. The molecule has 35 heavy (non-hydrogen) atoms. The van der Waals surface area contributed by atoms with Gasteiger partial charge in [-0.3, -0.25) is 0 Å². The Morgan fingerprint density at radius 3 is 1.54 bits per heavy atom. The lowest BCUT2D eigenvalue weighted by molar-refractivity contribution is 0.407. The van der Waals surface area contributed by atoms with Gasteiger partial charge in [0.05, 0.1) is 7.11 Å². The molecule has 0 atom stereocenters. The maximum Gasteiger partial charge on any atom is 0.122 e. The van der Waals surface area contributed by atoms with E-state index in [-0.39, 0.29) is 7.43 Å². The van der Waals surface area contributed by atoms with Gasteiger partial charge in [0.15, 0.2) is 0 Å². The standard InChI is InChI=1S/C13H18.C11H16O.C9H12.CH4/c1-9(2)13-10(3)5-4-6-12(13)11-7-8-11;1-8(2)11-9(3)6-5-7-10(11)12-4;1-8(2)9-6-4-3-5-7-9;/h4-6,9,11H,7-8H2,1-3H3;5-8H,1-4H3;3-8H,1-2H3;1H4. The first kappa shape index (κ1) is 30.5. The van der Waals surface area contributed by atoms with Gasteiger partial charge in [0.25, 0.3) is 0 Å². The number of hydrogen-bond donors (Lipinski definition) is 0. The van der Waals surface area contributed by atoms with Crippen LogP contribution in [0.4, 0.5) is 0 Å². The zero-order chi connectivity index (χ0) is 25.3. The highest BCUT2D eigenvalue weighted by Crippen LogP contribution is 2.44. The molecule has 3 aromatic rings. The molecule has 0 radical (unpaired) electrons. The van der Waals surface area contributed by atoms with Crippen molar-refractivity contribution in [1.29, 1.82) is 0 Å². The predicted octanol–water partition coefficient (Wildman–Crippen LogP) is 10.6. The van der Waals surface area contributed by atoms with Crippen molar-refractivity contribution in [3.8, 4) is 5.75 Å². The van der Waals surface area contributed by atoms with Crippen molar-refractivity contribution in [2.24, 2.45) is 0 Å². The van der Waals surface area contributed by atoms with Crippen molar-refractivity contribution in [2.75, 3.05) is 7.11 Å². The minimum atomic E-state index is 0. The second-order valence-electron chi connectivity index (χ2n) is 10.4. The van der Waals surface area contributed by atoms with Crippen molar-refractivity contribution in [3.63, 3.8) is 0 Å². The highest BCUT2D eigenvalue weighted by Gasteiger charge is 2.26. The van der Waals surface area contributed by atoms with Crippen molar-refractivity contribution in [2.45, 2.75) is 99.3 Å². The summed E-state index contributed by atoms with van der Waals surface area (Å²) in [6.45, 7) is 17.7. The van der Waals surface area contributed by atoms with Gasteiger partial charge in [-0.1, -0.05) is 110 Å². The molecule has 0 aromatic heterocycles. The summed E-state index contributed by atoms with van der Waals surface area (Å²) in [5, 5.41) is 0. The SMILES string of the molecule is C.CC(C)c1ccccc1.COc1cccc(C)c1C(C)C.Cc1cccc(C2CC2)c1C(C)C. The van der Waals surface area contributed by atoms with E-state index < -0.39 is 0 Å². The van der Waals surface area contributed by atoms with Crippen molar-refractivity contribution >= 4 is 0 Å². The zero-order valence-electron chi connectivity index (χ0n) is 23.0. The molecular weight excluding hydrogens is 424 g/mol. The molecule has 0 aliphatic heterocycles. The van der Waals surface area contributed by atoms with Crippen molar-refractivity contribution in [1.82, 2.24) is 0 Å². The van der Waals surface area contributed by atoms with Crippen molar-refractivity contribution in [3.05, 3.63) is 100 Å². The number of aryl methyl sites for hydroxylation is 2. The lowest BCUT2D eigenvalue weighted by atomic mass is 9.90. The Labute approximate surface area is 217 Å². The lowest BCUT2D eigenvalue weighted by Gasteiger charge is -2.15. The van der Waals surface area contributed by atoms with Crippen LogP contribution in [-0.2, 0) is 0 Å². The summed E-state index contributed by atoms with van der Waals surface area (Å²) in [6.07, 6.45) is 2.81. The van der Waals surface area contributed by atoms with Crippen LogP contribution in [0, 0.1) is 13.8 Å². The quantitative estimate of drug-likeness (QED) is 0.357. The van der Waals surface area contributed by atoms with Crippen LogP contribution in [-0.4, -0.2) is 7.11 Å². The lowest BCUT2D eigenvalue weighted by Crippen LogP contribution is -1.97. The third-order valence-corrected chi connectivity index (χ3v) is 6.50. The molecule has 1 aliphatic carbocycles. The van der Waals surface area contributed by atoms with Gasteiger partial charge in [0.2, 0.25) is 0 Å². The fourth-order valence-corrected chi connectivity index (χ4v) is 4.65. The molecule has 4 rings (SSSR count). The highest BCUT2D eigenvalue weighted by molar-refractivity contribution is 5.42. The number of ether oxygens (including phenoxy) is 1. The molecule has 0 heterocycles. The van der Waals surface area contributed by atoms with Gasteiger partial charge < -0.3 is 4.74 Å². The van der Waals surface area contributed by atoms with E-state index in [9.17, 15) is 0 Å². The number of hydrogen-bond acceptors (Lipinski definition) is 1. The topological polar surface area (TPSA) is 9.23 Å². The molecule has 0 saturated heterocycles. The number of rotatable bonds is 5. The van der Waals surface area contributed by atoms with Crippen LogP contribution >= 0.6 is 0 Å². The van der Waals surface area contributed by atoms with Crippen LogP contribution in [0.25, 0.3) is 0 Å². The summed E-state index contributed by atoms with van der Waals surface area (Å²) >= 11 is 0. The van der Waals surface area contributed by atoms with Gasteiger partial charge in [-0.05, 0) is 89.8 Å². The van der Waals surface area contributed by atoms with Crippen LogP contribution < -0.4 is 4.74 Å². The third kappa shape index (κ3) is 9.21. The van der Waals surface area contributed by atoms with E-state index in [2.05, 4.69) is 104 Å². The molecule has 1 aliphatic rings. The van der Waals surface area contributed by atoms with Gasteiger partial charge in [0.1, 0.15) is 5.75 Å². The largest absolute Gasteiger partial charge is 0.496 e. The normalized spacial score (nSPS) is 12.3. The minimum absolute atomic E-state index is 0. The Hall–Kier alpha value is -2.54. The van der Waals surface area contributed by atoms with Gasteiger partial charge in [-0.15, -0.1) is 0 Å². The summed E-state index contributed by atoms with van der Waals surface area (Å²) < 4.78 is 5.29. The molecule has 3 aromatic carbocycles. The maximum atomic E-state index is 5.29.